The second-order valence-electron chi connectivity index (χ2n) is 7.52. The molecule has 0 aromatic heterocycles. The van der Waals surface area contributed by atoms with Crippen molar-refractivity contribution in [1.82, 2.24) is 0 Å². The number of hydrogen-bond acceptors (Lipinski definition) is 3. The molecule has 0 bridgehead atoms. The molecule has 0 aliphatic carbocycles. The lowest BCUT2D eigenvalue weighted by molar-refractivity contribution is 0.0997. The molecule has 1 fully saturated rings. The lowest BCUT2D eigenvalue weighted by Crippen LogP contribution is -2.43. The van der Waals surface area contributed by atoms with Gasteiger partial charge in [-0.2, -0.15) is 0 Å². The molecule has 0 spiro atoms. The average Bonchev–Trinajstić information content (AvgIpc) is 2.77. The molecule has 1 aromatic carbocycles. The van der Waals surface area contributed by atoms with Gasteiger partial charge < -0.3 is 9.16 Å². The van der Waals surface area contributed by atoms with Gasteiger partial charge in [-0.1, -0.05) is 38.5 Å². The van der Waals surface area contributed by atoms with E-state index in [0.717, 1.165) is 5.69 Å². The highest BCUT2D eigenvalue weighted by atomic mass is 28.4. The molecule has 4 nitrogen and oxygen atoms in total. The number of aryl methyl sites for hydroxylation is 1. The van der Waals surface area contributed by atoms with Gasteiger partial charge in [-0.05, 0) is 37.2 Å². The van der Waals surface area contributed by atoms with Gasteiger partial charge in [0.25, 0.3) is 0 Å². The largest absolute Gasteiger partial charge is 0.442 e. The Bertz CT molecular complexity index is 534. The van der Waals surface area contributed by atoms with Gasteiger partial charge in [0.2, 0.25) is 0 Å². The van der Waals surface area contributed by atoms with Gasteiger partial charge >= 0.3 is 6.09 Å². The quantitative estimate of drug-likeness (QED) is 0.774. The summed E-state index contributed by atoms with van der Waals surface area (Å²) in [6.07, 6.45) is -0.476. The van der Waals surface area contributed by atoms with E-state index in [1.54, 1.807) is 4.90 Å². The van der Waals surface area contributed by atoms with Crippen LogP contribution in [-0.2, 0) is 9.16 Å². The van der Waals surface area contributed by atoms with E-state index in [1.165, 1.54) is 5.56 Å². The van der Waals surface area contributed by atoms with Gasteiger partial charge in [-0.15, -0.1) is 0 Å². The average molecular weight is 321 g/mol. The van der Waals surface area contributed by atoms with Crippen LogP contribution in [0.1, 0.15) is 26.3 Å². The molecule has 1 aliphatic rings. The van der Waals surface area contributed by atoms with Crippen LogP contribution < -0.4 is 4.90 Å². The summed E-state index contributed by atoms with van der Waals surface area (Å²) in [7, 11) is -1.81. The fourth-order valence-corrected chi connectivity index (χ4v) is 3.10. The van der Waals surface area contributed by atoms with Gasteiger partial charge in [0.05, 0.1) is 13.2 Å². The van der Waals surface area contributed by atoms with Gasteiger partial charge in [-0.25, -0.2) is 4.79 Å². The van der Waals surface area contributed by atoms with Crippen molar-refractivity contribution in [3.63, 3.8) is 0 Å². The molecule has 122 valence electrons. The van der Waals surface area contributed by atoms with Gasteiger partial charge in [0.1, 0.15) is 6.10 Å². The third-order valence-electron chi connectivity index (χ3n) is 4.66. The Morgan fingerprint density at radius 2 is 1.86 bits per heavy atom. The second kappa shape index (κ2) is 6.05. The summed E-state index contributed by atoms with van der Waals surface area (Å²) in [5, 5.41) is 0.159. The molecule has 1 heterocycles. The van der Waals surface area contributed by atoms with Crippen molar-refractivity contribution in [2.45, 2.75) is 51.9 Å². The highest BCUT2D eigenvalue weighted by molar-refractivity contribution is 6.74. The number of carbonyl (C=O) groups excluding carboxylic acids is 1. The highest BCUT2D eigenvalue weighted by Crippen LogP contribution is 2.37. The number of benzene rings is 1. The normalized spacial score (nSPS) is 19.5. The minimum Gasteiger partial charge on any atom is -0.442 e. The molecule has 1 amide bonds. The second-order valence-corrected chi connectivity index (χ2v) is 12.3. The Balaban J connectivity index is 1.97. The first-order valence-corrected chi connectivity index (χ1v) is 10.7. The molecule has 22 heavy (non-hydrogen) atoms. The fourth-order valence-electron chi connectivity index (χ4n) is 2.06. The predicted octanol–water partition coefficient (Wildman–Crippen LogP) is 4.34. The molecule has 1 aromatic rings. The third-order valence-corrected chi connectivity index (χ3v) is 9.16. The Morgan fingerprint density at radius 3 is 2.41 bits per heavy atom. The van der Waals surface area contributed by atoms with Crippen LogP contribution in [0.2, 0.25) is 18.1 Å². The van der Waals surface area contributed by atoms with Crippen molar-refractivity contribution in [2.24, 2.45) is 0 Å². The van der Waals surface area contributed by atoms with E-state index in [1.807, 2.05) is 31.2 Å². The maximum absolute atomic E-state index is 12.1. The van der Waals surface area contributed by atoms with Crippen molar-refractivity contribution in [3.05, 3.63) is 29.8 Å². The van der Waals surface area contributed by atoms with E-state index in [2.05, 4.69) is 33.9 Å². The van der Waals surface area contributed by atoms with Crippen LogP contribution in [0.15, 0.2) is 24.3 Å². The summed E-state index contributed by atoms with van der Waals surface area (Å²) in [5.41, 5.74) is 2.06. The smallest absolute Gasteiger partial charge is 0.414 e. The van der Waals surface area contributed by atoms with E-state index >= 15 is 0 Å². The van der Waals surface area contributed by atoms with Crippen molar-refractivity contribution in [2.75, 3.05) is 18.1 Å². The first-order valence-electron chi connectivity index (χ1n) is 7.79. The van der Waals surface area contributed by atoms with E-state index in [0.29, 0.717) is 13.2 Å². The number of amides is 1. The number of carbonyl (C=O) groups is 1. The van der Waals surface area contributed by atoms with Crippen LogP contribution in [0.4, 0.5) is 10.5 Å². The standard InChI is InChI=1S/C17H27NO3Si/c1-13-7-9-14(10-8-13)18-11-15(21-16(18)19)12-20-22(5,6)17(2,3)4/h7-10,15H,11-12H2,1-6H3/t15-/m1/s1. The third kappa shape index (κ3) is 3.70. The Labute approximate surface area is 134 Å². The SMILES string of the molecule is Cc1ccc(N2C[C@H](CO[Si](C)(C)C(C)(C)C)OC2=O)cc1. The van der Waals surface area contributed by atoms with E-state index in [4.69, 9.17) is 9.16 Å². The minimum absolute atomic E-state index is 0.159. The van der Waals surface area contributed by atoms with Crippen LogP contribution in [0.5, 0.6) is 0 Å². The zero-order valence-electron chi connectivity index (χ0n) is 14.5. The molecule has 0 radical (unpaired) electrons. The summed E-state index contributed by atoms with van der Waals surface area (Å²) in [6, 6.07) is 7.91. The first-order chi connectivity index (χ1) is 10.1. The fraction of sp³-hybridized carbons (Fsp3) is 0.588. The van der Waals surface area contributed by atoms with Crippen molar-refractivity contribution >= 4 is 20.1 Å². The van der Waals surface area contributed by atoms with Gasteiger partial charge in [-0.3, -0.25) is 4.90 Å². The van der Waals surface area contributed by atoms with Crippen molar-refractivity contribution in [1.29, 1.82) is 0 Å². The molecular weight excluding hydrogens is 294 g/mol. The zero-order chi connectivity index (χ0) is 16.5. The number of hydrogen-bond donors (Lipinski definition) is 0. The predicted molar refractivity (Wildman–Crippen MR) is 91.9 cm³/mol. The lowest BCUT2D eigenvalue weighted by Gasteiger charge is -2.36. The molecule has 2 rings (SSSR count). The summed E-state index contributed by atoms with van der Waals surface area (Å²) >= 11 is 0. The van der Waals surface area contributed by atoms with E-state index < -0.39 is 8.32 Å². The number of cyclic esters (lactones) is 1. The van der Waals surface area contributed by atoms with Crippen LogP contribution in [0.25, 0.3) is 0 Å². The molecule has 1 saturated heterocycles. The van der Waals surface area contributed by atoms with Crippen LogP contribution >= 0.6 is 0 Å². The molecule has 0 unspecified atom stereocenters. The lowest BCUT2D eigenvalue weighted by atomic mass is 10.2. The summed E-state index contributed by atoms with van der Waals surface area (Å²) in [4.78, 5) is 13.7. The van der Waals surface area contributed by atoms with Crippen LogP contribution in [0, 0.1) is 6.92 Å². The topological polar surface area (TPSA) is 38.8 Å². The van der Waals surface area contributed by atoms with Crippen molar-refractivity contribution < 1.29 is 14.0 Å². The Hall–Kier alpha value is -1.33. The summed E-state index contributed by atoms with van der Waals surface area (Å²) in [5.74, 6) is 0. The number of anilines is 1. The molecule has 1 aliphatic heterocycles. The molecule has 0 N–H and O–H groups in total. The zero-order valence-corrected chi connectivity index (χ0v) is 15.5. The Kier molecular flexibility index (Phi) is 4.68. The Morgan fingerprint density at radius 1 is 1.27 bits per heavy atom. The number of nitrogens with zero attached hydrogens (tertiary/aromatic N) is 1. The maximum Gasteiger partial charge on any atom is 0.414 e. The van der Waals surface area contributed by atoms with Crippen LogP contribution in [-0.4, -0.2) is 33.7 Å². The number of rotatable bonds is 4. The summed E-state index contributed by atoms with van der Waals surface area (Å²) in [6.45, 7) is 14.1. The first kappa shape index (κ1) is 17.0. The molecule has 0 saturated carbocycles. The highest BCUT2D eigenvalue weighted by Gasteiger charge is 2.39. The van der Waals surface area contributed by atoms with Crippen molar-refractivity contribution in [3.8, 4) is 0 Å². The maximum atomic E-state index is 12.1. The van der Waals surface area contributed by atoms with Crippen LogP contribution in [0.3, 0.4) is 0 Å². The van der Waals surface area contributed by atoms with Gasteiger partial charge in [0, 0.05) is 5.69 Å². The molecule has 1 atom stereocenters. The van der Waals surface area contributed by atoms with E-state index in [-0.39, 0.29) is 17.2 Å². The van der Waals surface area contributed by atoms with Gasteiger partial charge in [0.15, 0.2) is 8.32 Å². The minimum atomic E-state index is -1.81. The summed E-state index contributed by atoms with van der Waals surface area (Å²) < 4.78 is 11.6. The number of ether oxygens (including phenoxy) is 1. The molecular formula is C17H27NO3Si. The molecule has 5 heteroatoms. The monoisotopic (exact) mass is 321 g/mol. The van der Waals surface area contributed by atoms with E-state index in [9.17, 15) is 4.79 Å².